The number of nitrogens with zero attached hydrogens (tertiary/aromatic N) is 3. The highest BCUT2D eigenvalue weighted by Crippen LogP contribution is 2.35. The number of amides is 1. The number of aryl methyl sites for hydroxylation is 1. The van der Waals surface area contributed by atoms with Crippen LogP contribution in [0.3, 0.4) is 0 Å². The van der Waals surface area contributed by atoms with Gasteiger partial charge in [-0.15, -0.1) is 0 Å². The van der Waals surface area contributed by atoms with Gasteiger partial charge in [0.05, 0.1) is 19.1 Å². The van der Waals surface area contributed by atoms with Gasteiger partial charge in [0.15, 0.2) is 11.6 Å². The lowest BCUT2D eigenvalue weighted by molar-refractivity contribution is -0.140. The molecule has 4 rings (SSSR count). The van der Waals surface area contributed by atoms with E-state index in [1.54, 1.807) is 0 Å². The highest BCUT2D eigenvalue weighted by atomic mass is 16.5. The third-order valence-corrected chi connectivity index (χ3v) is 5.15. The van der Waals surface area contributed by atoms with Gasteiger partial charge in [0.25, 0.3) is 0 Å². The number of carbonyl (C=O) groups excluding carboxylic acids is 1. The molecular weight excluding hydrogens is 316 g/mol. The molecule has 6 heteroatoms. The summed E-state index contributed by atoms with van der Waals surface area (Å²) in [7, 11) is 0. The Morgan fingerprint density at radius 3 is 3.00 bits per heavy atom. The summed E-state index contributed by atoms with van der Waals surface area (Å²) in [5, 5.41) is 7.23. The Balaban J connectivity index is 1.48. The number of benzene rings is 1. The molecule has 1 aromatic carbocycles. The van der Waals surface area contributed by atoms with Gasteiger partial charge in [0.2, 0.25) is 5.91 Å². The molecule has 2 unspecified atom stereocenters. The Bertz CT molecular complexity index is 770. The Hall–Kier alpha value is -2.21. The first-order chi connectivity index (χ1) is 12.1. The Morgan fingerprint density at radius 1 is 1.36 bits per heavy atom. The van der Waals surface area contributed by atoms with Crippen LogP contribution in [0.5, 0.6) is 0 Å². The van der Waals surface area contributed by atoms with Crippen LogP contribution in [0.1, 0.15) is 61.0 Å². The molecule has 1 fully saturated rings. The first kappa shape index (κ1) is 16.3. The molecular formula is C19H24N4O2. The smallest absolute Gasteiger partial charge is 0.230 e. The van der Waals surface area contributed by atoms with E-state index >= 15 is 0 Å². The van der Waals surface area contributed by atoms with Crippen LogP contribution < -0.4 is 0 Å². The van der Waals surface area contributed by atoms with Crippen LogP contribution in [-0.2, 0) is 16.0 Å². The van der Waals surface area contributed by atoms with Gasteiger partial charge in [0, 0.05) is 12.5 Å². The highest BCUT2D eigenvalue weighted by Gasteiger charge is 2.35. The van der Waals surface area contributed by atoms with Crippen molar-refractivity contribution in [2.24, 2.45) is 0 Å². The molecule has 2 aromatic rings. The maximum absolute atomic E-state index is 13.1. The minimum Gasteiger partial charge on any atom is -0.367 e. The molecule has 132 valence electrons. The summed E-state index contributed by atoms with van der Waals surface area (Å²) in [6.45, 7) is 5.82. The van der Waals surface area contributed by atoms with Crippen molar-refractivity contribution in [2.75, 3.05) is 19.7 Å². The van der Waals surface area contributed by atoms with Crippen molar-refractivity contribution in [1.82, 2.24) is 20.1 Å². The molecule has 2 heterocycles. The summed E-state index contributed by atoms with van der Waals surface area (Å²) in [5.74, 6) is 1.96. The molecule has 25 heavy (non-hydrogen) atoms. The highest BCUT2D eigenvalue weighted by molar-refractivity contribution is 5.85. The molecule has 0 bridgehead atoms. The lowest BCUT2D eigenvalue weighted by atomic mass is 9.99. The van der Waals surface area contributed by atoms with E-state index in [4.69, 9.17) is 4.74 Å². The molecule has 2 aliphatic rings. The minimum atomic E-state index is -0.227. The fraction of sp³-hybridized carbons (Fsp3) is 0.526. The van der Waals surface area contributed by atoms with Crippen molar-refractivity contribution >= 4 is 5.91 Å². The number of hydrogen-bond donors (Lipinski definition) is 1. The number of morpholine rings is 1. The number of aromatic nitrogens is 3. The van der Waals surface area contributed by atoms with Gasteiger partial charge >= 0.3 is 0 Å². The number of aromatic amines is 1. The van der Waals surface area contributed by atoms with Crippen LogP contribution in [-0.4, -0.2) is 45.7 Å². The van der Waals surface area contributed by atoms with Crippen molar-refractivity contribution in [3.8, 4) is 0 Å². The van der Waals surface area contributed by atoms with Crippen LogP contribution in [0.25, 0.3) is 0 Å². The molecule has 1 saturated heterocycles. The fourth-order valence-corrected chi connectivity index (χ4v) is 3.74. The number of ether oxygens (including phenoxy) is 1. The van der Waals surface area contributed by atoms with Crippen LogP contribution in [0.2, 0.25) is 0 Å². The normalized spacial score (nSPS) is 23.1. The van der Waals surface area contributed by atoms with E-state index in [1.807, 2.05) is 17.0 Å². The lowest BCUT2D eigenvalue weighted by Gasteiger charge is -2.33. The van der Waals surface area contributed by atoms with Gasteiger partial charge in [0.1, 0.15) is 6.10 Å². The standard InChI is InChI=1S/C19H24N4O2/c1-12(2)17-20-18(22-21-17)16-11-23(9-10-25-16)19(24)15-8-7-13-5-3-4-6-14(13)15/h3-6,12,15-16H,7-11H2,1-2H3,(H,20,21,22). The molecule has 1 aliphatic carbocycles. The first-order valence-corrected chi connectivity index (χ1v) is 9.04. The van der Waals surface area contributed by atoms with Gasteiger partial charge in [-0.2, -0.15) is 5.10 Å². The van der Waals surface area contributed by atoms with Gasteiger partial charge < -0.3 is 9.64 Å². The predicted octanol–water partition coefficient (Wildman–Crippen LogP) is 2.56. The predicted molar refractivity (Wildman–Crippen MR) is 93.2 cm³/mol. The molecule has 6 nitrogen and oxygen atoms in total. The molecule has 1 amide bonds. The van der Waals surface area contributed by atoms with Gasteiger partial charge in [-0.3, -0.25) is 9.89 Å². The molecule has 0 radical (unpaired) electrons. The number of fused-ring (bicyclic) bond motifs is 1. The number of carbonyl (C=O) groups is 1. The third kappa shape index (κ3) is 3.06. The summed E-state index contributed by atoms with van der Waals surface area (Å²) in [6.07, 6.45) is 1.66. The zero-order valence-electron chi connectivity index (χ0n) is 14.7. The summed E-state index contributed by atoms with van der Waals surface area (Å²) < 4.78 is 5.84. The SMILES string of the molecule is CC(C)c1n[nH]c(C2CN(C(=O)C3CCc4ccccc43)CCO2)n1. The average Bonchev–Trinajstić information content (AvgIpc) is 3.28. The lowest BCUT2D eigenvalue weighted by Crippen LogP contribution is -2.44. The van der Waals surface area contributed by atoms with E-state index in [9.17, 15) is 4.79 Å². The van der Waals surface area contributed by atoms with Crippen molar-refractivity contribution < 1.29 is 9.53 Å². The van der Waals surface area contributed by atoms with Gasteiger partial charge in [-0.1, -0.05) is 38.1 Å². The van der Waals surface area contributed by atoms with Crippen LogP contribution in [0.15, 0.2) is 24.3 Å². The topological polar surface area (TPSA) is 71.1 Å². The number of hydrogen-bond acceptors (Lipinski definition) is 4. The summed E-state index contributed by atoms with van der Waals surface area (Å²) in [6, 6.07) is 8.29. The quantitative estimate of drug-likeness (QED) is 0.932. The van der Waals surface area contributed by atoms with E-state index < -0.39 is 0 Å². The largest absolute Gasteiger partial charge is 0.367 e. The minimum absolute atomic E-state index is 0.0177. The van der Waals surface area contributed by atoms with Crippen molar-refractivity contribution in [1.29, 1.82) is 0 Å². The monoisotopic (exact) mass is 340 g/mol. The molecule has 0 saturated carbocycles. The number of nitrogens with one attached hydrogen (secondary N) is 1. The van der Waals surface area contributed by atoms with E-state index in [1.165, 1.54) is 11.1 Å². The molecule has 1 N–H and O–H groups in total. The fourth-order valence-electron chi connectivity index (χ4n) is 3.74. The van der Waals surface area contributed by atoms with E-state index in [0.29, 0.717) is 25.5 Å². The molecule has 1 aromatic heterocycles. The van der Waals surface area contributed by atoms with Crippen LogP contribution >= 0.6 is 0 Å². The molecule has 2 atom stereocenters. The second-order valence-electron chi connectivity index (χ2n) is 7.17. The zero-order valence-corrected chi connectivity index (χ0v) is 14.7. The maximum Gasteiger partial charge on any atom is 0.230 e. The maximum atomic E-state index is 13.1. The van der Waals surface area contributed by atoms with Crippen LogP contribution in [0, 0.1) is 0 Å². The van der Waals surface area contributed by atoms with E-state index in [-0.39, 0.29) is 23.8 Å². The summed E-state index contributed by atoms with van der Waals surface area (Å²) >= 11 is 0. The Morgan fingerprint density at radius 2 is 2.20 bits per heavy atom. The molecule has 1 aliphatic heterocycles. The average molecular weight is 340 g/mol. The van der Waals surface area contributed by atoms with Crippen molar-refractivity contribution in [3.63, 3.8) is 0 Å². The van der Waals surface area contributed by atoms with Crippen molar-refractivity contribution in [3.05, 3.63) is 47.0 Å². The van der Waals surface area contributed by atoms with Crippen molar-refractivity contribution in [2.45, 2.75) is 44.6 Å². The van der Waals surface area contributed by atoms with Crippen LogP contribution in [0.4, 0.5) is 0 Å². The number of H-pyrrole nitrogens is 1. The second kappa shape index (κ2) is 6.59. The van der Waals surface area contributed by atoms with Gasteiger partial charge in [-0.25, -0.2) is 4.98 Å². The first-order valence-electron chi connectivity index (χ1n) is 9.04. The Kier molecular flexibility index (Phi) is 4.29. The zero-order chi connectivity index (χ0) is 17.4. The van der Waals surface area contributed by atoms with E-state index in [2.05, 4.69) is 41.2 Å². The molecule has 0 spiro atoms. The summed E-state index contributed by atoms with van der Waals surface area (Å²) in [5.41, 5.74) is 2.50. The van der Waals surface area contributed by atoms with Gasteiger partial charge in [-0.05, 0) is 24.0 Å². The van der Waals surface area contributed by atoms with E-state index in [0.717, 1.165) is 18.7 Å². The number of rotatable bonds is 3. The summed E-state index contributed by atoms with van der Waals surface area (Å²) in [4.78, 5) is 19.5. The Labute approximate surface area is 147 Å². The third-order valence-electron chi connectivity index (χ3n) is 5.15. The second-order valence-corrected chi connectivity index (χ2v) is 7.17.